The molecule has 1 atom stereocenters. The quantitative estimate of drug-likeness (QED) is 0.805. The van der Waals surface area contributed by atoms with Gasteiger partial charge in [0.2, 0.25) is 0 Å². The Kier molecular flexibility index (Phi) is 5.39. The number of aliphatic hydroxyl groups is 1. The molecular weight excluding hydrogens is 264 g/mol. The van der Waals surface area contributed by atoms with Crippen molar-refractivity contribution in [2.45, 2.75) is 32.3 Å². The van der Waals surface area contributed by atoms with E-state index in [9.17, 15) is 9.90 Å². The van der Waals surface area contributed by atoms with Crippen molar-refractivity contribution in [3.8, 4) is 0 Å². The van der Waals surface area contributed by atoms with Gasteiger partial charge in [0, 0.05) is 13.1 Å². The monoisotopic (exact) mass is 286 g/mol. The molecule has 0 aliphatic carbocycles. The smallest absolute Gasteiger partial charge is 0.265 e. The summed E-state index contributed by atoms with van der Waals surface area (Å²) in [4.78, 5) is 14.5. The second kappa shape index (κ2) is 6.40. The maximum Gasteiger partial charge on any atom is 0.265 e. The number of nitrogens with zero attached hydrogens (tertiary/aromatic N) is 3. The van der Waals surface area contributed by atoms with Gasteiger partial charge in [-0.05, 0) is 38.5 Å². The van der Waals surface area contributed by atoms with Gasteiger partial charge in [-0.15, -0.1) is 5.10 Å². The molecule has 0 aliphatic rings. The lowest BCUT2D eigenvalue weighted by molar-refractivity contribution is 0.0326. The second-order valence-corrected chi connectivity index (χ2v) is 6.31. The van der Waals surface area contributed by atoms with E-state index < -0.39 is 5.60 Å². The molecule has 0 spiro atoms. The summed E-state index contributed by atoms with van der Waals surface area (Å²) in [6, 6.07) is 0. The molecule has 1 unspecified atom stereocenters. The van der Waals surface area contributed by atoms with E-state index in [4.69, 9.17) is 0 Å². The van der Waals surface area contributed by atoms with Gasteiger partial charge < -0.3 is 15.3 Å². The zero-order valence-corrected chi connectivity index (χ0v) is 12.9. The predicted molar refractivity (Wildman–Crippen MR) is 75.5 cm³/mol. The Bertz CT molecular complexity index is 429. The maximum atomic E-state index is 12.1. The highest BCUT2D eigenvalue weighted by molar-refractivity contribution is 7.08. The lowest BCUT2D eigenvalue weighted by Gasteiger charge is -2.27. The Morgan fingerprint density at radius 3 is 2.68 bits per heavy atom. The van der Waals surface area contributed by atoms with Crippen LogP contribution in [-0.4, -0.2) is 58.3 Å². The van der Waals surface area contributed by atoms with Crippen molar-refractivity contribution in [3.05, 3.63) is 10.6 Å². The van der Waals surface area contributed by atoms with Crippen LogP contribution < -0.4 is 5.32 Å². The number of hydrogen-bond donors (Lipinski definition) is 2. The Balaban J connectivity index is 2.63. The first-order valence-electron chi connectivity index (χ1n) is 6.20. The third-order valence-electron chi connectivity index (χ3n) is 2.55. The Labute approximate surface area is 118 Å². The number of likely N-dealkylation sites (N-methyl/N-ethyl adjacent to an activating group) is 1. The molecule has 1 heterocycles. The summed E-state index contributed by atoms with van der Waals surface area (Å²) in [6.07, 6.45) is 0. The molecule has 108 valence electrons. The average Bonchev–Trinajstić information content (AvgIpc) is 2.73. The lowest BCUT2D eigenvalue weighted by Crippen LogP contribution is -2.47. The Morgan fingerprint density at radius 1 is 1.53 bits per heavy atom. The molecule has 1 amide bonds. The number of carbonyl (C=O) groups excluding carboxylic acids is 1. The summed E-state index contributed by atoms with van der Waals surface area (Å²) in [5.74, 6) is -0.0699. The van der Waals surface area contributed by atoms with E-state index in [-0.39, 0.29) is 18.4 Å². The summed E-state index contributed by atoms with van der Waals surface area (Å²) in [7, 11) is 3.75. The van der Waals surface area contributed by atoms with Gasteiger partial charge in [0.15, 0.2) is 0 Å². The maximum absolute atomic E-state index is 12.1. The second-order valence-electron chi connectivity index (χ2n) is 5.56. The summed E-state index contributed by atoms with van der Waals surface area (Å²) in [5.41, 5.74) is -0.260. The van der Waals surface area contributed by atoms with E-state index in [1.54, 1.807) is 6.92 Å². The number of nitrogens with one attached hydrogen (secondary N) is 1. The molecule has 0 bridgehead atoms. The first kappa shape index (κ1) is 16.0. The highest BCUT2D eigenvalue weighted by Crippen LogP contribution is 2.19. The van der Waals surface area contributed by atoms with Gasteiger partial charge in [-0.1, -0.05) is 18.3 Å². The van der Waals surface area contributed by atoms with Crippen LogP contribution in [0.1, 0.15) is 42.1 Å². The van der Waals surface area contributed by atoms with E-state index in [1.165, 1.54) is 0 Å². The number of hydrogen-bond acceptors (Lipinski definition) is 6. The fourth-order valence-electron chi connectivity index (χ4n) is 1.82. The highest BCUT2D eigenvalue weighted by atomic mass is 32.1. The van der Waals surface area contributed by atoms with Crippen LogP contribution in [0.3, 0.4) is 0 Å². The van der Waals surface area contributed by atoms with Crippen molar-refractivity contribution in [2.24, 2.45) is 0 Å². The minimum absolute atomic E-state index is 0.154. The summed E-state index contributed by atoms with van der Waals surface area (Å²) < 4.78 is 3.82. The first-order chi connectivity index (χ1) is 8.73. The molecule has 1 aromatic heterocycles. The largest absolute Gasteiger partial charge is 0.387 e. The lowest BCUT2D eigenvalue weighted by atomic mass is 10.1. The molecule has 2 N–H and O–H groups in total. The molecular formula is C12H22N4O2S. The topological polar surface area (TPSA) is 78.3 Å². The molecule has 0 aliphatic heterocycles. The molecule has 0 saturated carbocycles. The molecule has 0 fully saturated rings. The van der Waals surface area contributed by atoms with Crippen LogP contribution in [0.25, 0.3) is 0 Å². The third-order valence-corrected chi connectivity index (χ3v) is 3.29. The summed E-state index contributed by atoms with van der Waals surface area (Å²) in [6.45, 7) is 6.30. The fraction of sp³-hybridized carbons (Fsp3) is 0.750. The molecule has 0 aromatic carbocycles. The molecule has 0 saturated heterocycles. The SMILES string of the molecule is CC(C)c1nnsc1C(=O)NCC(C)(O)CN(C)C. The zero-order valence-electron chi connectivity index (χ0n) is 12.1. The molecule has 7 heteroatoms. The minimum Gasteiger partial charge on any atom is -0.387 e. The molecule has 0 radical (unpaired) electrons. The van der Waals surface area contributed by atoms with Gasteiger partial charge in [0.1, 0.15) is 4.88 Å². The molecule has 1 aromatic rings. The van der Waals surface area contributed by atoms with Gasteiger partial charge >= 0.3 is 0 Å². The Morgan fingerprint density at radius 2 is 2.16 bits per heavy atom. The molecule has 19 heavy (non-hydrogen) atoms. The predicted octanol–water partition coefficient (Wildman–Crippen LogP) is 0.704. The van der Waals surface area contributed by atoms with Crippen molar-refractivity contribution in [1.29, 1.82) is 0 Å². The van der Waals surface area contributed by atoms with Crippen LogP contribution in [0.2, 0.25) is 0 Å². The number of rotatable bonds is 6. The highest BCUT2D eigenvalue weighted by Gasteiger charge is 2.24. The van der Waals surface area contributed by atoms with Crippen molar-refractivity contribution in [2.75, 3.05) is 27.2 Å². The van der Waals surface area contributed by atoms with Crippen molar-refractivity contribution < 1.29 is 9.90 Å². The van der Waals surface area contributed by atoms with Crippen LogP contribution in [0.5, 0.6) is 0 Å². The van der Waals surface area contributed by atoms with Crippen molar-refractivity contribution in [3.63, 3.8) is 0 Å². The van der Waals surface area contributed by atoms with Crippen molar-refractivity contribution >= 4 is 17.4 Å². The number of aromatic nitrogens is 2. The van der Waals surface area contributed by atoms with Crippen LogP contribution in [0, 0.1) is 0 Å². The van der Waals surface area contributed by atoms with Gasteiger partial charge in [-0.25, -0.2) is 0 Å². The number of amides is 1. The first-order valence-corrected chi connectivity index (χ1v) is 6.98. The third kappa shape index (κ3) is 4.85. The van der Waals surface area contributed by atoms with Gasteiger partial charge in [-0.2, -0.15) is 0 Å². The standard InChI is InChI=1S/C12H22N4O2S/c1-8(2)9-10(19-15-14-9)11(17)13-6-12(3,18)7-16(4)5/h8,18H,6-7H2,1-5H3,(H,13,17). The fourth-order valence-corrected chi connectivity index (χ4v) is 2.56. The van der Waals surface area contributed by atoms with Gasteiger partial charge in [0.25, 0.3) is 5.91 Å². The molecule has 6 nitrogen and oxygen atoms in total. The van der Waals surface area contributed by atoms with E-state index in [2.05, 4.69) is 14.9 Å². The zero-order chi connectivity index (χ0) is 14.6. The van der Waals surface area contributed by atoms with Crippen LogP contribution in [0.15, 0.2) is 0 Å². The summed E-state index contributed by atoms with van der Waals surface area (Å²) >= 11 is 1.09. The van der Waals surface area contributed by atoms with Crippen LogP contribution in [-0.2, 0) is 0 Å². The normalized spacial score (nSPS) is 14.7. The van der Waals surface area contributed by atoms with E-state index in [1.807, 2.05) is 32.8 Å². The average molecular weight is 286 g/mol. The summed E-state index contributed by atoms with van der Waals surface area (Å²) in [5, 5.41) is 16.8. The van der Waals surface area contributed by atoms with Crippen LogP contribution in [0.4, 0.5) is 0 Å². The number of carbonyl (C=O) groups is 1. The Hall–Kier alpha value is -1.05. The van der Waals surface area contributed by atoms with E-state index in [0.29, 0.717) is 17.1 Å². The van der Waals surface area contributed by atoms with Crippen LogP contribution >= 0.6 is 11.5 Å². The minimum atomic E-state index is -0.963. The van der Waals surface area contributed by atoms with Crippen molar-refractivity contribution in [1.82, 2.24) is 19.8 Å². The van der Waals surface area contributed by atoms with Gasteiger partial charge in [-0.3, -0.25) is 4.79 Å². The molecule has 1 rings (SSSR count). The van der Waals surface area contributed by atoms with E-state index >= 15 is 0 Å². The van der Waals surface area contributed by atoms with Gasteiger partial charge in [0.05, 0.1) is 11.3 Å². The van der Waals surface area contributed by atoms with E-state index in [0.717, 1.165) is 11.5 Å².